The lowest BCUT2D eigenvalue weighted by molar-refractivity contribution is -0.141. The summed E-state index contributed by atoms with van der Waals surface area (Å²) in [5, 5.41) is 12.0. The molecule has 1 aromatic rings. The summed E-state index contributed by atoms with van der Waals surface area (Å²) in [5.41, 5.74) is -2.77. The lowest BCUT2D eigenvalue weighted by atomic mass is 10.0. The molecule has 0 bridgehead atoms. The van der Waals surface area contributed by atoms with Gasteiger partial charge in [0, 0.05) is 6.54 Å². The van der Waals surface area contributed by atoms with Gasteiger partial charge in [0.15, 0.2) is 0 Å². The Bertz CT molecular complexity index is 554. The largest absolute Gasteiger partial charge is 0.431 e. The van der Waals surface area contributed by atoms with Crippen LogP contribution < -0.4 is 10.9 Å². The number of H-pyrrole nitrogens is 1. The van der Waals surface area contributed by atoms with Gasteiger partial charge in [-0.1, -0.05) is 20.3 Å². The number of aliphatic hydroxyl groups is 1. The summed E-state index contributed by atoms with van der Waals surface area (Å²) in [4.78, 5) is 24.8. The van der Waals surface area contributed by atoms with Gasteiger partial charge in [-0.05, 0) is 18.1 Å². The molecule has 0 saturated carbocycles. The molecule has 5 nitrogen and oxygen atoms in total. The quantitative estimate of drug-likeness (QED) is 0.771. The molecular weight excluding hydrogens is 289 g/mol. The number of alkyl halides is 3. The number of hydrogen-bond donors (Lipinski definition) is 3. The van der Waals surface area contributed by atoms with Gasteiger partial charge in [-0.15, -0.1) is 0 Å². The topological polar surface area (TPSA) is 82.2 Å². The number of hydrogen-bond acceptors (Lipinski definition) is 3. The van der Waals surface area contributed by atoms with E-state index in [9.17, 15) is 27.9 Å². The maximum atomic E-state index is 12.4. The third kappa shape index (κ3) is 4.59. The third-order valence-corrected chi connectivity index (χ3v) is 3.23. The Morgan fingerprint density at radius 3 is 2.52 bits per heavy atom. The van der Waals surface area contributed by atoms with Crippen LogP contribution in [0.1, 0.15) is 36.3 Å². The van der Waals surface area contributed by atoms with E-state index in [0.717, 1.165) is 6.07 Å². The van der Waals surface area contributed by atoms with Gasteiger partial charge in [0.1, 0.15) is 11.3 Å². The van der Waals surface area contributed by atoms with Gasteiger partial charge in [0.05, 0.1) is 6.10 Å². The molecule has 0 aliphatic carbocycles. The average molecular weight is 306 g/mol. The van der Waals surface area contributed by atoms with Crippen LogP contribution in [-0.2, 0) is 6.18 Å². The maximum absolute atomic E-state index is 12.4. The van der Waals surface area contributed by atoms with Crippen molar-refractivity contribution in [3.05, 3.63) is 33.7 Å². The van der Waals surface area contributed by atoms with Crippen molar-refractivity contribution in [2.75, 3.05) is 6.54 Å². The predicted molar refractivity (Wildman–Crippen MR) is 69.9 cm³/mol. The zero-order chi connectivity index (χ0) is 16.2. The van der Waals surface area contributed by atoms with Crippen LogP contribution in [0.15, 0.2) is 16.9 Å². The Hall–Kier alpha value is -1.83. The number of nitrogens with one attached hydrogen (secondary N) is 2. The van der Waals surface area contributed by atoms with Gasteiger partial charge in [-0.25, -0.2) is 0 Å². The second-order valence-corrected chi connectivity index (χ2v) is 4.78. The molecule has 0 aromatic carbocycles. The van der Waals surface area contributed by atoms with E-state index >= 15 is 0 Å². The van der Waals surface area contributed by atoms with Gasteiger partial charge in [-0.2, -0.15) is 13.2 Å². The summed E-state index contributed by atoms with van der Waals surface area (Å²) in [5.74, 6) is -0.872. The summed E-state index contributed by atoms with van der Waals surface area (Å²) >= 11 is 0. The summed E-state index contributed by atoms with van der Waals surface area (Å²) in [7, 11) is 0. The van der Waals surface area contributed by atoms with E-state index in [2.05, 4.69) is 5.32 Å². The Morgan fingerprint density at radius 2 is 2.05 bits per heavy atom. The van der Waals surface area contributed by atoms with Crippen molar-refractivity contribution >= 4 is 5.91 Å². The molecule has 0 saturated heterocycles. The minimum Gasteiger partial charge on any atom is -0.391 e. The maximum Gasteiger partial charge on any atom is 0.431 e. The van der Waals surface area contributed by atoms with Crippen LogP contribution in [0.4, 0.5) is 13.2 Å². The second kappa shape index (κ2) is 6.75. The lowest BCUT2D eigenvalue weighted by Gasteiger charge is -2.17. The average Bonchev–Trinajstić information content (AvgIpc) is 2.42. The molecule has 2 atom stereocenters. The SMILES string of the molecule is CCC(C)C(O)CNC(=O)c1ccc(C(F)(F)F)[nH]c1=O. The van der Waals surface area contributed by atoms with Crippen molar-refractivity contribution in [2.24, 2.45) is 5.92 Å². The van der Waals surface area contributed by atoms with Gasteiger partial charge in [-0.3, -0.25) is 9.59 Å². The van der Waals surface area contributed by atoms with Crippen LogP contribution in [0.3, 0.4) is 0 Å². The number of carbonyl (C=O) groups is 1. The molecule has 8 heteroatoms. The number of amides is 1. The molecule has 1 aromatic heterocycles. The molecule has 1 heterocycles. The van der Waals surface area contributed by atoms with Crippen molar-refractivity contribution in [1.29, 1.82) is 0 Å². The fraction of sp³-hybridized carbons (Fsp3) is 0.538. The molecule has 0 spiro atoms. The molecule has 2 unspecified atom stereocenters. The molecule has 118 valence electrons. The van der Waals surface area contributed by atoms with Crippen LogP contribution in [0.25, 0.3) is 0 Å². The highest BCUT2D eigenvalue weighted by Crippen LogP contribution is 2.26. The number of aliphatic hydroxyl groups excluding tert-OH is 1. The molecule has 1 rings (SSSR count). The molecule has 0 aliphatic heterocycles. The van der Waals surface area contributed by atoms with E-state index in [4.69, 9.17) is 0 Å². The molecule has 1 amide bonds. The van der Waals surface area contributed by atoms with Crippen LogP contribution >= 0.6 is 0 Å². The number of pyridine rings is 1. The van der Waals surface area contributed by atoms with Crippen molar-refractivity contribution in [1.82, 2.24) is 10.3 Å². The van der Waals surface area contributed by atoms with E-state index in [-0.39, 0.29) is 12.5 Å². The first-order valence-corrected chi connectivity index (χ1v) is 6.43. The monoisotopic (exact) mass is 306 g/mol. The fourth-order valence-corrected chi connectivity index (χ4v) is 1.58. The van der Waals surface area contributed by atoms with Crippen LogP contribution in [0, 0.1) is 5.92 Å². The molecular formula is C13H17F3N2O3. The van der Waals surface area contributed by atoms with Crippen LogP contribution in [0.2, 0.25) is 0 Å². The van der Waals surface area contributed by atoms with E-state index in [1.165, 1.54) is 0 Å². The minimum atomic E-state index is -4.68. The standard InChI is InChI=1S/C13H17F3N2O3/c1-3-7(2)9(19)6-17-11(20)8-4-5-10(13(14,15)16)18-12(8)21/h4-5,7,9,19H,3,6H2,1-2H3,(H,17,20)(H,18,21). The fourth-order valence-electron chi connectivity index (χ4n) is 1.58. The van der Waals surface area contributed by atoms with E-state index in [1.54, 1.807) is 11.9 Å². The third-order valence-electron chi connectivity index (χ3n) is 3.23. The second-order valence-electron chi connectivity index (χ2n) is 4.78. The first-order chi connectivity index (χ1) is 9.66. The van der Waals surface area contributed by atoms with Crippen molar-refractivity contribution < 1.29 is 23.1 Å². The number of aromatic nitrogens is 1. The molecule has 21 heavy (non-hydrogen) atoms. The molecule has 0 fully saturated rings. The Kier molecular flexibility index (Phi) is 5.54. The number of aromatic amines is 1. The molecule has 0 aliphatic rings. The van der Waals surface area contributed by atoms with E-state index < -0.39 is 35.0 Å². The van der Waals surface area contributed by atoms with Gasteiger partial charge >= 0.3 is 6.18 Å². The Morgan fingerprint density at radius 1 is 1.43 bits per heavy atom. The summed E-state index contributed by atoms with van der Waals surface area (Å²) in [6, 6.07) is 1.44. The van der Waals surface area contributed by atoms with E-state index in [0.29, 0.717) is 12.5 Å². The number of rotatable bonds is 5. The highest BCUT2D eigenvalue weighted by Gasteiger charge is 2.32. The normalized spacial score (nSPS) is 14.6. The first-order valence-electron chi connectivity index (χ1n) is 6.43. The minimum absolute atomic E-state index is 0.0452. The number of halogens is 3. The summed E-state index contributed by atoms with van der Waals surface area (Å²) in [6.07, 6.45) is -4.76. The lowest BCUT2D eigenvalue weighted by Crippen LogP contribution is -2.37. The van der Waals surface area contributed by atoms with Crippen molar-refractivity contribution in [2.45, 2.75) is 32.5 Å². The Labute approximate surface area is 119 Å². The highest BCUT2D eigenvalue weighted by atomic mass is 19.4. The summed E-state index contributed by atoms with van der Waals surface area (Å²) < 4.78 is 37.1. The zero-order valence-electron chi connectivity index (χ0n) is 11.6. The number of carbonyl (C=O) groups excluding carboxylic acids is 1. The Balaban J connectivity index is 2.78. The highest BCUT2D eigenvalue weighted by molar-refractivity contribution is 5.93. The summed E-state index contributed by atoms with van der Waals surface area (Å²) in [6.45, 7) is 3.59. The van der Waals surface area contributed by atoms with Crippen molar-refractivity contribution in [3.63, 3.8) is 0 Å². The van der Waals surface area contributed by atoms with Gasteiger partial charge in [0.25, 0.3) is 11.5 Å². The molecule has 3 N–H and O–H groups in total. The van der Waals surface area contributed by atoms with E-state index in [1.807, 2.05) is 6.92 Å². The van der Waals surface area contributed by atoms with Gasteiger partial charge in [0.2, 0.25) is 0 Å². The van der Waals surface area contributed by atoms with Crippen LogP contribution in [-0.4, -0.2) is 28.6 Å². The predicted octanol–water partition coefficient (Wildman–Crippen LogP) is 1.53. The first kappa shape index (κ1) is 17.2. The zero-order valence-corrected chi connectivity index (χ0v) is 11.6. The van der Waals surface area contributed by atoms with Gasteiger partial charge < -0.3 is 15.4 Å². The molecule has 0 radical (unpaired) electrons. The van der Waals surface area contributed by atoms with Crippen molar-refractivity contribution in [3.8, 4) is 0 Å². The smallest absolute Gasteiger partial charge is 0.391 e. The van der Waals surface area contributed by atoms with Crippen LogP contribution in [0.5, 0.6) is 0 Å².